The van der Waals surface area contributed by atoms with Crippen molar-refractivity contribution in [3.05, 3.63) is 47.0 Å². The summed E-state index contributed by atoms with van der Waals surface area (Å²) >= 11 is 0. The number of H-pyrrole nitrogens is 1. The summed E-state index contributed by atoms with van der Waals surface area (Å²) in [4.78, 5) is 3.22. The Morgan fingerprint density at radius 3 is 2.64 bits per heavy atom. The number of sulfonamides is 1. The molecule has 1 aromatic heterocycles. The van der Waals surface area contributed by atoms with Crippen molar-refractivity contribution in [3.63, 3.8) is 0 Å². The lowest BCUT2D eigenvalue weighted by Crippen LogP contribution is -2.21. The quantitative estimate of drug-likeness (QED) is 0.876. The molecular formula is C18H20FN3O2S. The smallest absolute Gasteiger partial charge is 0.263 e. The summed E-state index contributed by atoms with van der Waals surface area (Å²) in [5.74, 6) is -0.419. The normalized spacial score (nSPS) is 17.2. The van der Waals surface area contributed by atoms with Crippen LogP contribution >= 0.6 is 0 Å². The highest BCUT2D eigenvalue weighted by molar-refractivity contribution is 7.92. The van der Waals surface area contributed by atoms with Crippen LogP contribution in [0.15, 0.2) is 29.3 Å². The number of hydrogen-bond acceptors (Lipinski definition) is 3. The molecule has 0 fully saturated rings. The number of fused-ring (bicyclic) bond motifs is 1. The third-order valence-corrected chi connectivity index (χ3v) is 6.23. The number of anilines is 1. The maximum absolute atomic E-state index is 14.0. The number of hydrogen-bond donors (Lipinski definition) is 2. The van der Waals surface area contributed by atoms with Crippen LogP contribution in [0.2, 0.25) is 0 Å². The molecule has 5 nitrogen and oxygen atoms in total. The van der Waals surface area contributed by atoms with Gasteiger partial charge >= 0.3 is 0 Å². The predicted octanol–water partition coefficient (Wildman–Crippen LogP) is 3.59. The second kappa shape index (κ2) is 5.88. The highest BCUT2D eigenvalue weighted by Crippen LogP contribution is 2.40. The molecule has 132 valence electrons. The monoisotopic (exact) mass is 361 g/mol. The van der Waals surface area contributed by atoms with E-state index in [9.17, 15) is 12.8 Å². The van der Waals surface area contributed by atoms with Gasteiger partial charge < -0.3 is 4.98 Å². The molecule has 0 amide bonds. The number of rotatable bonds is 3. The van der Waals surface area contributed by atoms with Gasteiger partial charge in [0, 0.05) is 11.9 Å². The molecule has 3 rings (SSSR count). The number of nitrogens with zero attached hydrogens (tertiary/aromatic N) is 1. The van der Waals surface area contributed by atoms with Gasteiger partial charge in [-0.05, 0) is 47.9 Å². The minimum Gasteiger partial charge on any atom is -0.363 e. The zero-order chi connectivity index (χ0) is 18.4. The molecule has 0 radical (unpaired) electrons. The first-order valence-electron chi connectivity index (χ1n) is 8.03. The molecule has 0 spiro atoms. The Morgan fingerprint density at radius 2 is 2.04 bits per heavy atom. The molecule has 25 heavy (non-hydrogen) atoms. The van der Waals surface area contributed by atoms with E-state index in [1.165, 1.54) is 18.3 Å². The largest absolute Gasteiger partial charge is 0.363 e. The molecule has 1 atom stereocenters. The second-order valence-electron chi connectivity index (χ2n) is 7.49. The zero-order valence-electron chi connectivity index (χ0n) is 14.4. The predicted molar refractivity (Wildman–Crippen MR) is 93.1 cm³/mol. The Hall–Kier alpha value is -2.33. The maximum Gasteiger partial charge on any atom is 0.263 e. The van der Waals surface area contributed by atoms with Crippen molar-refractivity contribution in [2.75, 3.05) is 4.72 Å². The van der Waals surface area contributed by atoms with E-state index in [0.29, 0.717) is 12.3 Å². The van der Waals surface area contributed by atoms with Gasteiger partial charge in [0.1, 0.15) is 10.7 Å². The van der Waals surface area contributed by atoms with Gasteiger partial charge in [-0.1, -0.05) is 20.8 Å². The molecule has 1 heterocycles. The van der Waals surface area contributed by atoms with Crippen LogP contribution in [0, 0.1) is 28.5 Å². The number of nitrogens with one attached hydrogen (secondary N) is 2. The van der Waals surface area contributed by atoms with E-state index in [-0.39, 0.29) is 21.6 Å². The van der Waals surface area contributed by atoms with E-state index in [1.807, 2.05) is 6.07 Å². The van der Waals surface area contributed by atoms with Crippen molar-refractivity contribution in [1.29, 1.82) is 5.26 Å². The van der Waals surface area contributed by atoms with Crippen LogP contribution in [0.3, 0.4) is 0 Å². The summed E-state index contributed by atoms with van der Waals surface area (Å²) in [5.41, 5.74) is 1.76. The Kier molecular flexibility index (Phi) is 4.12. The van der Waals surface area contributed by atoms with Gasteiger partial charge in [0.25, 0.3) is 10.0 Å². The summed E-state index contributed by atoms with van der Waals surface area (Å²) in [5, 5.41) is 8.77. The third-order valence-electron chi connectivity index (χ3n) is 4.80. The lowest BCUT2D eigenvalue weighted by molar-refractivity contribution is 0.249. The molecule has 0 aliphatic heterocycles. The van der Waals surface area contributed by atoms with Crippen LogP contribution in [0.1, 0.15) is 37.6 Å². The Labute approximate surface area is 146 Å². The molecule has 2 N–H and O–H groups in total. The number of benzene rings is 1. The average molecular weight is 361 g/mol. The van der Waals surface area contributed by atoms with E-state index >= 15 is 0 Å². The second-order valence-corrected chi connectivity index (χ2v) is 9.14. The molecule has 2 aromatic rings. The topological polar surface area (TPSA) is 85.8 Å². The molecule has 1 aliphatic carbocycles. The Balaban J connectivity index is 1.90. The number of aromatic amines is 1. The SMILES string of the molecule is CC(C)(C)C1Cc2[nH]cc(S(=O)(=O)Nc3ccc(C#N)cc3F)c2C1. The standard InChI is InChI=1S/C18H20FN3O2S/c1-18(2,3)12-7-13-16(8-12)21-10-17(13)25(23,24)22-15-5-4-11(9-20)6-14(15)19/h4-6,10,12,21-22H,7-8H2,1-3H3. The minimum absolute atomic E-state index is 0.0769. The molecule has 0 bridgehead atoms. The third kappa shape index (κ3) is 3.27. The first kappa shape index (κ1) is 17.5. The van der Waals surface area contributed by atoms with Gasteiger partial charge in [-0.25, -0.2) is 12.8 Å². The highest BCUT2D eigenvalue weighted by Gasteiger charge is 2.36. The van der Waals surface area contributed by atoms with Gasteiger partial charge in [-0.15, -0.1) is 0 Å². The van der Waals surface area contributed by atoms with Gasteiger partial charge in [0.05, 0.1) is 17.3 Å². The van der Waals surface area contributed by atoms with Crippen LogP contribution in [0.5, 0.6) is 0 Å². The van der Waals surface area contributed by atoms with Crippen LogP contribution in [-0.4, -0.2) is 13.4 Å². The van der Waals surface area contributed by atoms with Crippen LogP contribution in [-0.2, 0) is 22.9 Å². The van der Waals surface area contributed by atoms with Gasteiger partial charge in [-0.2, -0.15) is 5.26 Å². The van der Waals surface area contributed by atoms with Gasteiger partial charge in [-0.3, -0.25) is 4.72 Å². The van der Waals surface area contributed by atoms with Crippen LogP contribution < -0.4 is 4.72 Å². The van der Waals surface area contributed by atoms with Crippen molar-refractivity contribution in [2.45, 2.75) is 38.5 Å². The van der Waals surface area contributed by atoms with Crippen molar-refractivity contribution < 1.29 is 12.8 Å². The van der Waals surface area contributed by atoms with Crippen LogP contribution in [0.4, 0.5) is 10.1 Å². The maximum atomic E-state index is 14.0. The number of halogens is 1. The Bertz CT molecular complexity index is 965. The Morgan fingerprint density at radius 1 is 1.32 bits per heavy atom. The van der Waals surface area contributed by atoms with Gasteiger partial charge in [0.2, 0.25) is 0 Å². The highest BCUT2D eigenvalue weighted by atomic mass is 32.2. The van der Waals surface area contributed by atoms with Gasteiger partial charge in [0.15, 0.2) is 0 Å². The van der Waals surface area contributed by atoms with E-state index in [0.717, 1.165) is 23.7 Å². The molecule has 7 heteroatoms. The fourth-order valence-electron chi connectivity index (χ4n) is 3.17. The zero-order valence-corrected chi connectivity index (χ0v) is 15.2. The van der Waals surface area contributed by atoms with Crippen molar-refractivity contribution in [1.82, 2.24) is 4.98 Å². The molecule has 1 aliphatic rings. The van der Waals surface area contributed by atoms with E-state index in [4.69, 9.17) is 5.26 Å². The van der Waals surface area contributed by atoms with E-state index < -0.39 is 15.8 Å². The number of nitriles is 1. The number of aromatic nitrogens is 1. The van der Waals surface area contributed by atoms with Crippen molar-refractivity contribution >= 4 is 15.7 Å². The van der Waals surface area contributed by atoms with E-state index in [2.05, 4.69) is 30.5 Å². The van der Waals surface area contributed by atoms with Crippen LogP contribution in [0.25, 0.3) is 0 Å². The fourth-order valence-corrected chi connectivity index (χ4v) is 4.48. The minimum atomic E-state index is -3.91. The molecular weight excluding hydrogens is 341 g/mol. The molecule has 0 saturated heterocycles. The molecule has 1 unspecified atom stereocenters. The molecule has 1 aromatic carbocycles. The summed E-state index contributed by atoms with van der Waals surface area (Å²) in [6.45, 7) is 6.42. The summed E-state index contributed by atoms with van der Waals surface area (Å²) in [6, 6.07) is 5.46. The summed E-state index contributed by atoms with van der Waals surface area (Å²) < 4.78 is 41.8. The average Bonchev–Trinajstić information content (AvgIpc) is 3.08. The first-order valence-corrected chi connectivity index (χ1v) is 9.51. The first-order chi connectivity index (χ1) is 11.6. The molecule has 0 saturated carbocycles. The fraction of sp³-hybridized carbons (Fsp3) is 0.389. The summed E-state index contributed by atoms with van der Waals surface area (Å²) in [7, 11) is -3.91. The lowest BCUT2D eigenvalue weighted by atomic mass is 9.79. The van der Waals surface area contributed by atoms with Crippen molar-refractivity contribution in [2.24, 2.45) is 11.3 Å². The summed E-state index contributed by atoms with van der Waals surface area (Å²) in [6.07, 6.45) is 2.95. The lowest BCUT2D eigenvalue weighted by Gasteiger charge is -2.26. The van der Waals surface area contributed by atoms with Crippen molar-refractivity contribution in [3.8, 4) is 6.07 Å². The van der Waals surface area contributed by atoms with E-state index in [1.54, 1.807) is 0 Å².